The van der Waals surface area contributed by atoms with Gasteiger partial charge in [0.1, 0.15) is 23.8 Å². The number of rotatable bonds is 5. The number of imidazole rings is 1. The maximum Gasteiger partial charge on any atom is 0.311 e. The van der Waals surface area contributed by atoms with Gasteiger partial charge in [0, 0.05) is 16.5 Å². The highest BCUT2D eigenvalue weighted by Crippen LogP contribution is 2.42. The summed E-state index contributed by atoms with van der Waals surface area (Å²) in [6.07, 6.45) is 4.30. The highest BCUT2D eigenvalue weighted by Gasteiger charge is 2.30. The molecule has 0 fully saturated rings. The van der Waals surface area contributed by atoms with Crippen LogP contribution < -0.4 is 4.57 Å². The van der Waals surface area contributed by atoms with Gasteiger partial charge in [0.15, 0.2) is 0 Å². The first-order valence-electron chi connectivity index (χ1n) is 13.7. The Balaban J connectivity index is 1.65. The molecule has 3 nitrogen and oxygen atoms in total. The number of hydrogen-bond acceptors (Lipinski definition) is 0. The minimum atomic E-state index is 1.13. The lowest BCUT2D eigenvalue weighted by Crippen LogP contribution is -2.30. The first-order chi connectivity index (χ1) is 19.7. The van der Waals surface area contributed by atoms with Crippen LogP contribution in [0.2, 0.25) is 0 Å². The molecule has 0 unspecified atom stereocenters. The Labute approximate surface area is 234 Å². The summed E-state index contributed by atoms with van der Waals surface area (Å²) in [4.78, 5) is 0. The van der Waals surface area contributed by atoms with Crippen molar-refractivity contribution in [1.29, 1.82) is 0 Å². The zero-order valence-corrected chi connectivity index (χ0v) is 22.7. The average molecular weight is 517 g/mol. The van der Waals surface area contributed by atoms with Gasteiger partial charge in [-0.15, -0.1) is 0 Å². The van der Waals surface area contributed by atoms with E-state index in [0.717, 1.165) is 11.5 Å². The second-order valence-electron chi connectivity index (χ2n) is 10.2. The van der Waals surface area contributed by atoms with Crippen molar-refractivity contribution in [3.8, 4) is 45.1 Å². The molecule has 5 aromatic carbocycles. The van der Waals surface area contributed by atoms with E-state index >= 15 is 0 Å². The molecular formula is C37H30N3+. The molecule has 0 aliphatic rings. The monoisotopic (exact) mass is 516 g/mol. The lowest BCUT2D eigenvalue weighted by Gasteiger charge is -2.20. The van der Waals surface area contributed by atoms with E-state index in [-0.39, 0.29) is 0 Å². The Morgan fingerprint density at radius 2 is 1.12 bits per heavy atom. The van der Waals surface area contributed by atoms with Gasteiger partial charge < -0.3 is 4.57 Å². The van der Waals surface area contributed by atoms with Crippen LogP contribution >= 0.6 is 0 Å². The van der Waals surface area contributed by atoms with Gasteiger partial charge >= 0.3 is 5.82 Å². The van der Waals surface area contributed by atoms with Gasteiger partial charge in [-0.05, 0) is 41.8 Å². The zero-order valence-electron chi connectivity index (χ0n) is 22.7. The Kier molecular flexibility index (Phi) is 5.90. The summed E-state index contributed by atoms with van der Waals surface area (Å²) in [6, 6.07) is 47.5. The van der Waals surface area contributed by atoms with Crippen molar-refractivity contribution in [1.82, 2.24) is 9.13 Å². The quantitative estimate of drug-likeness (QED) is 0.203. The van der Waals surface area contributed by atoms with Crippen molar-refractivity contribution in [3.05, 3.63) is 151 Å². The Hall–Kier alpha value is -5.15. The second-order valence-corrected chi connectivity index (χ2v) is 10.2. The highest BCUT2D eigenvalue weighted by molar-refractivity contribution is 5.97. The van der Waals surface area contributed by atoms with E-state index in [1.165, 1.54) is 50.1 Å². The fourth-order valence-electron chi connectivity index (χ4n) is 5.94. The summed E-state index contributed by atoms with van der Waals surface area (Å²) in [5, 5.41) is 1.25. The van der Waals surface area contributed by atoms with E-state index < -0.39 is 0 Å². The van der Waals surface area contributed by atoms with Gasteiger partial charge in [-0.2, -0.15) is 4.57 Å². The SMILES string of the molecule is Cc1c(-c2n(-c3ccccc3)cc[n+]2C)n(-c2c(-c3ccccc3)cccc2-c2ccccc2)c2ccccc12. The van der Waals surface area contributed by atoms with Crippen LogP contribution in [-0.2, 0) is 7.05 Å². The van der Waals surface area contributed by atoms with Crippen molar-refractivity contribution >= 4 is 10.9 Å². The molecule has 3 heteroatoms. The third-order valence-electron chi connectivity index (χ3n) is 7.80. The zero-order chi connectivity index (χ0) is 27.1. The molecule has 7 aromatic rings. The number of fused-ring (bicyclic) bond motifs is 1. The van der Waals surface area contributed by atoms with Gasteiger partial charge in [-0.3, -0.25) is 0 Å². The van der Waals surface area contributed by atoms with E-state index in [1.807, 2.05) is 0 Å². The van der Waals surface area contributed by atoms with Crippen LogP contribution in [0.4, 0.5) is 0 Å². The van der Waals surface area contributed by atoms with Gasteiger partial charge in [0.2, 0.25) is 0 Å². The number of aromatic nitrogens is 3. The molecule has 2 aromatic heterocycles. The van der Waals surface area contributed by atoms with E-state index in [2.05, 4.69) is 174 Å². The molecule has 0 radical (unpaired) electrons. The summed E-state index contributed by atoms with van der Waals surface area (Å²) in [6.45, 7) is 2.25. The van der Waals surface area contributed by atoms with Crippen LogP contribution in [0.3, 0.4) is 0 Å². The Morgan fingerprint density at radius 1 is 0.575 bits per heavy atom. The number of nitrogens with zero attached hydrogens (tertiary/aromatic N) is 3. The predicted molar refractivity (Wildman–Crippen MR) is 165 cm³/mol. The smallest absolute Gasteiger partial charge is 0.301 e. The lowest BCUT2D eigenvalue weighted by molar-refractivity contribution is -0.659. The average Bonchev–Trinajstić information content (AvgIpc) is 3.54. The van der Waals surface area contributed by atoms with E-state index in [4.69, 9.17) is 0 Å². The van der Waals surface area contributed by atoms with Gasteiger partial charge in [-0.25, -0.2) is 4.57 Å². The number of para-hydroxylation sites is 3. The van der Waals surface area contributed by atoms with E-state index in [9.17, 15) is 0 Å². The molecule has 7 rings (SSSR count). The maximum atomic E-state index is 2.49. The second kappa shape index (κ2) is 9.87. The molecular weight excluding hydrogens is 486 g/mol. The number of aryl methyl sites for hydroxylation is 2. The summed E-state index contributed by atoms with van der Waals surface area (Å²) >= 11 is 0. The largest absolute Gasteiger partial charge is 0.311 e. The highest BCUT2D eigenvalue weighted by atomic mass is 15.2. The molecule has 0 aliphatic heterocycles. The molecule has 0 bridgehead atoms. The normalized spacial score (nSPS) is 11.2. The molecule has 0 atom stereocenters. The molecule has 192 valence electrons. The molecule has 0 aliphatic carbocycles. The fraction of sp³-hybridized carbons (Fsp3) is 0.0541. The van der Waals surface area contributed by atoms with Gasteiger partial charge in [0.25, 0.3) is 0 Å². The third kappa shape index (κ3) is 3.87. The first-order valence-corrected chi connectivity index (χ1v) is 13.7. The molecule has 0 saturated heterocycles. The summed E-state index contributed by atoms with van der Waals surface area (Å²) in [5.41, 5.74) is 10.7. The van der Waals surface area contributed by atoms with Crippen LogP contribution in [0.1, 0.15) is 5.56 Å². The summed E-state index contributed by atoms with van der Waals surface area (Å²) in [7, 11) is 2.14. The predicted octanol–water partition coefficient (Wildman–Crippen LogP) is 8.56. The van der Waals surface area contributed by atoms with Crippen LogP contribution in [0.15, 0.2) is 146 Å². The molecule has 0 N–H and O–H groups in total. The van der Waals surface area contributed by atoms with Crippen molar-refractivity contribution in [3.63, 3.8) is 0 Å². The standard InChI is InChI=1S/C37H30N3/c1-27-31-21-12-13-24-34(31)40(35(27)37-38(2)25-26-39(37)30-19-10-5-11-20-30)36-32(28-15-6-3-7-16-28)22-14-23-33(36)29-17-8-4-9-18-29/h3-26H,1-2H3/q+1. The molecule has 0 saturated carbocycles. The minimum Gasteiger partial charge on any atom is -0.301 e. The summed E-state index contributed by atoms with van der Waals surface area (Å²) in [5.74, 6) is 1.13. The van der Waals surface area contributed by atoms with E-state index in [0.29, 0.717) is 0 Å². The van der Waals surface area contributed by atoms with Crippen LogP contribution in [0.5, 0.6) is 0 Å². The van der Waals surface area contributed by atoms with Gasteiger partial charge in [0.05, 0.1) is 18.3 Å². The van der Waals surface area contributed by atoms with Crippen molar-refractivity contribution in [2.24, 2.45) is 7.05 Å². The maximum absolute atomic E-state index is 2.49. The topological polar surface area (TPSA) is 13.7 Å². The van der Waals surface area contributed by atoms with Crippen molar-refractivity contribution in [2.75, 3.05) is 0 Å². The number of hydrogen-bond donors (Lipinski definition) is 0. The molecule has 2 heterocycles. The Bertz CT molecular complexity index is 1890. The molecule has 0 spiro atoms. The lowest BCUT2D eigenvalue weighted by atomic mass is 9.95. The number of benzene rings is 5. The molecule has 0 amide bonds. The van der Waals surface area contributed by atoms with Gasteiger partial charge in [-0.1, -0.05) is 115 Å². The van der Waals surface area contributed by atoms with Crippen LogP contribution in [0.25, 0.3) is 56.0 Å². The Morgan fingerprint density at radius 3 is 1.75 bits per heavy atom. The molecule has 40 heavy (non-hydrogen) atoms. The summed E-state index contributed by atoms with van der Waals surface area (Å²) < 4.78 is 7.02. The van der Waals surface area contributed by atoms with Crippen molar-refractivity contribution < 1.29 is 4.57 Å². The fourth-order valence-corrected chi connectivity index (χ4v) is 5.94. The van der Waals surface area contributed by atoms with Crippen LogP contribution in [0, 0.1) is 6.92 Å². The first kappa shape index (κ1) is 23.9. The van der Waals surface area contributed by atoms with Crippen LogP contribution in [-0.4, -0.2) is 9.13 Å². The van der Waals surface area contributed by atoms with Crippen molar-refractivity contribution in [2.45, 2.75) is 6.92 Å². The third-order valence-corrected chi connectivity index (χ3v) is 7.80. The minimum absolute atomic E-state index is 1.13. The van der Waals surface area contributed by atoms with E-state index in [1.54, 1.807) is 0 Å².